The van der Waals surface area contributed by atoms with Gasteiger partial charge in [-0.25, -0.2) is 0 Å². The molecule has 0 bridgehead atoms. The predicted molar refractivity (Wildman–Crippen MR) is 71.5 cm³/mol. The molecule has 108 valence electrons. The number of nitrogens with one attached hydrogen (secondary N) is 1. The lowest BCUT2D eigenvalue weighted by Gasteiger charge is -2.29. The van der Waals surface area contributed by atoms with Gasteiger partial charge in [0.05, 0.1) is 18.8 Å². The maximum absolute atomic E-state index is 11.4. The zero-order valence-electron chi connectivity index (χ0n) is 12.0. The molecule has 0 rings (SSSR count). The fraction of sp³-hybridized carbons (Fsp3) is 0.917. The number of carbonyl (C=O) groups is 1. The van der Waals surface area contributed by atoms with Gasteiger partial charge in [0.25, 0.3) is 0 Å². The Morgan fingerprint density at radius 2 is 1.72 bits per heavy atom. The first-order valence-electron chi connectivity index (χ1n) is 6.19. The summed E-state index contributed by atoms with van der Waals surface area (Å²) in [5.74, 6) is -0.330. The van der Waals surface area contributed by atoms with Gasteiger partial charge in [-0.3, -0.25) is 9.69 Å². The third-order valence-corrected chi connectivity index (χ3v) is 3.25. The predicted octanol–water partition coefficient (Wildman–Crippen LogP) is -0.565. The summed E-state index contributed by atoms with van der Waals surface area (Å²) < 4.78 is 10.1. The maximum atomic E-state index is 11.4. The molecule has 3 N–H and O–H groups in total. The minimum Gasteiger partial charge on any atom is -0.383 e. The lowest BCUT2D eigenvalue weighted by atomic mass is 9.97. The molecule has 6 heteroatoms. The van der Waals surface area contributed by atoms with Crippen LogP contribution in [0.5, 0.6) is 0 Å². The molecule has 1 amide bonds. The summed E-state index contributed by atoms with van der Waals surface area (Å²) in [6.07, 6.45) is 0.659. The molecule has 1 unspecified atom stereocenters. The van der Waals surface area contributed by atoms with Gasteiger partial charge in [0.15, 0.2) is 0 Å². The molecule has 0 aliphatic rings. The molecular formula is C12H27N3O3. The Kier molecular flexibility index (Phi) is 8.91. The van der Waals surface area contributed by atoms with Crippen LogP contribution in [0.15, 0.2) is 0 Å². The van der Waals surface area contributed by atoms with Gasteiger partial charge in [0.2, 0.25) is 5.91 Å². The molecule has 1 atom stereocenters. The van der Waals surface area contributed by atoms with Crippen LogP contribution >= 0.6 is 0 Å². The van der Waals surface area contributed by atoms with Gasteiger partial charge in [-0.2, -0.15) is 0 Å². The van der Waals surface area contributed by atoms with Crippen LogP contribution in [0.3, 0.4) is 0 Å². The summed E-state index contributed by atoms with van der Waals surface area (Å²) >= 11 is 0. The van der Waals surface area contributed by atoms with E-state index in [0.29, 0.717) is 19.6 Å². The highest BCUT2D eigenvalue weighted by atomic mass is 16.5. The second kappa shape index (κ2) is 9.27. The summed E-state index contributed by atoms with van der Waals surface area (Å²) in [7, 11) is 5.10. The van der Waals surface area contributed by atoms with Crippen molar-refractivity contribution >= 4 is 5.91 Å². The van der Waals surface area contributed by atoms with Gasteiger partial charge in [-0.1, -0.05) is 0 Å². The molecule has 0 spiro atoms. The van der Waals surface area contributed by atoms with Crippen LogP contribution in [0.1, 0.15) is 13.3 Å². The maximum Gasteiger partial charge on any atom is 0.237 e. The van der Waals surface area contributed by atoms with Crippen LogP contribution in [0.4, 0.5) is 0 Å². The van der Waals surface area contributed by atoms with E-state index in [1.54, 1.807) is 21.3 Å². The van der Waals surface area contributed by atoms with Crippen molar-refractivity contribution in [1.29, 1.82) is 0 Å². The highest BCUT2D eigenvalue weighted by Gasteiger charge is 2.29. The highest BCUT2D eigenvalue weighted by Crippen LogP contribution is 2.09. The van der Waals surface area contributed by atoms with Gasteiger partial charge < -0.3 is 20.5 Å². The molecule has 0 aromatic rings. The number of rotatable bonds is 11. The standard InChI is InChI=1S/C12H27N3O3/c1-12(14-2,11(13)16)5-6-15(7-9-17-3)8-10-18-4/h14H,5-10H2,1-4H3,(H2,13,16). The Hall–Kier alpha value is -0.690. The van der Waals surface area contributed by atoms with Crippen molar-refractivity contribution in [2.45, 2.75) is 18.9 Å². The van der Waals surface area contributed by atoms with E-state index in [2.05, 4.69) is 10.2 Å². The summed E-state index contributed by atoms with van der Waals surface area (Å²) in [6, 6.07) is 0. The van der Waals surface area contributed by atoms with E-state index in [1.807, 2.05) is 6.92 Å². The third kappa shape index (κ3) is 6.30. The second-order valence-corrected chi connectivity index (χ2v) is 4.52. The number of hydrogen-bond acceptors (Lipinski definition) is 5. The number of amides is 1. The largest absolute Gasteiger partial charge is 0.383 e. The van der Waals surface area contributed by atoms with Gasteiger partial charge in [0, 0.05) is 33.9 Å². The first-order valence-corrected chi connectivity index (χ1v) is 6.19. The number of nitrogens with two attached hydrogens (primary N) is 1. The van der Waals surface area contributed by atoms with Crippen LogP contribution in [0.2, 0.25) is 0 Å². The average Bonchev–Trinajstić information content (AvgIpc) is 2.37. The summed E-state index contributed by atoms with van der Waals surface area (Å²) in [4.78, 5) is 13.6. The second-order valence-electron chi connectivity index (χ2n) is 4.52. The van der Waals surface area contributed by atoms with E-state index in [-0.39, 0.29) is 5.91 Å². The van der Waals surface area contributed by atoms with Gasteiger partial charge in [0.1, 0.15) is 0 Å². The molecule has 0 saturated heterocycles. The summed E-state index contributed by atoms with van der Waals surface area (Å²) in [5.41, 5.74) is 4.73. The summed E-state index contributed by atoms with van der Waals surface area (Å²) in [6.45, 7) is 5.55. The zero-order chi connectivity index (χ0) is 14.0. The quantitative estimate of drug-likeness (QED) is 0.521. The average molecular weight is 261 g/mol. The molecular weight excluding hydrogens is 234 g/mol. The van der Waals surface area contributed by atoms with Gasteiger partial charge in [-0.15, -0.1) is 0 Å². The molecule has 0 radical (unpaired) electrons. The van der Waals surface area contributed by atoms with Crippen LogP contribution in [0, 0.1) is 0 Å². The Morgan fingerprint density at radius 3 is 2.06 bits per heavy atom. The fourth-order valence-corrected chi connectivity index (χ4v) is 1.53. The lowest BCUT2D eigenvalue weighted by molar-refractivity contribution is -0.124. The Morgan fingerprint density at radius 1 is 1.22 bits per heavy atom. The van der Waals surface area contributed by atoms with E-state index < -0.39 is 5.54 Å². The first-order chi connectivity index (χ1) is 8.50. The van der Waals surface area contributed by atoms with Gasteiger partial charge >= 0.3 is 0 Å². The van der Waals surface area contributed by atoms with E-state index in [9.17, 15) is 4.79 Å². The first kappa shape index (κ1) is 17.3. The number of hydrogen-bond donors (Lipinski definition) is 2. The van der Waals surface area contributed by atoms with E-state index in [4.69, 9.17) is 15.2 Å². The van der Waals surface area contributed by atoms with Crippen molar-refractivity contribution in [3.05, 3.63) is 0 Å². The number of methoxy groups -OCH3 is 2. The molecule has 0 aliphatic heterocycles. The SMILES string of the molecule is CNC(C)(CCN(CCOC)CCOC)C(N)=O. The van der Waals surface area contributed by atoms with Crippen LogP contribution in [0.25, 0.3) is 0 Å². The topological polar surface area (TPSA) is 76.8 Å². The molecule has 6 nitrogen and oxygen atoms in total. The normalized spacial score (nSPS) is 14.7. The number of primary amides is 1. The van der Waals surface area contributed by atoms with Gasteiger partial charge in [-0.05, 0) is 20.4 Å². The molecule has 18 heavy (non-hydrogen) atoms. The Bertz CT molecular complexity index is 231. The third-order valence-electron chi connectivity index (χ3n) is 3.25. The number of carbonyl (C=O) groups excluding carboxylic acids is 1. The molecule has 0 aromatic carbocycles. The number of ether oxygens (including phenoxy) is 2. The zero-order valence-corrected chi connectivity index (χ0v) is 12.0. The minimum absolute atomic E-state index is 0.330. The smallest absolute Gasteiger partial charge is 0.237 e. The van der Waals surface area contributed by atoms with Crippen LogP contribution in [-0.2, 0) is 14.3 Å². The lowest BCUT2D eigenvalue weighted by Crippen LogP contribution is -2.53. The van der Waals surface area contributed by atoms with E-state index in [0.717, 1.165) is 19.6 Å². The molecule has 0 aliphatic carbocycles. The van der Waals surface area contributed by atoms with Crippen molar-refractivity contribution in [2.24, 2.45) is 5.73 Å². The fourth-order valence-electron chi connectivity index (χ4n) is 1.53. The molecule has 0 fully saturated rings. The van der Waals surface area contributed by atoms with Crippen molar-refractivity contribution in [3.8, 4) is 0 Å². The number of nitrogens with zero attached hydrogens (tertiary/aromatic N) is 1. The minimum atomic E-state index is -0.668. The number of likely N-dealkylation sites (N-methyl/N-ethyl adjacent to an activating group) is 1. The highest BCUT2D eigenvalue weighted by molar-refractivity contribution is 5.84. The Labute approximate surface area is 110 Å². The van der Waals surface area contributed by atoms with Crippen LogP contribution in [-0.4, -0.2) is 70.5 Å². The Balaban J connectivity index is 4.25. The van der Waals surface area contributed by atoms with E-state index in [1.165, 1.54) is 0 Å². The van der Waals surface area contributed by atoms with Crippen LogP contribution < -0.4 is 11.1 Å². The van der Waals surface area contributed by atoms with Crippen molar-refractivity contribution in [1.82, 2.24) is 10.2 Å². The monoisotopic (exact) mass is 261 g/mol. The van der Waals surface area contributed by atoms with E-state index >= 15 is 0 Å². The summed E-state index contributed by atoms with van der Waals surface area (Å²) in [5, 5.41) is 2.98. The van der Waals surface area contributed by atoms with Crippen molar-refractivity contribution < 1.29 is 14.3 Å². The molecule has 0 heterocycles. The molecule has 0 aromatic heterocycles. The van der Waals surface area contributed by atoms with Crippen molar-refractivity contribution in [2.75, 3.05) is 54.1 Å². The van der Waals surface area contributed by atoms with Crippen molar-refractivity contribution in [3.63, 3.8) is 0 Å². The molecule has 0 saturated carbocycles.